The minimum Gasteiger partial charge on any atom is -0.341 e. The van der Waals surface area contributed by atoms with Crippen LogP contribution < -0.4 is 5.73 Å². The predicted molar refractivity (Wildman–Crippen MR) is 75.7 cm³/mol. The van der Waals surface area contributed by atoms with E-state index in [1.807, 2.05) is 0 Å². The van der Waals surface area contributed by atoms with Gasteiger partial charge in [-0.15, -0.1) is 0 Å². The van der Waals surface area contributed by atoms with E-state index >= 15 is 0 Å². The Balaban J connectivity index is 1.54. The molecule has 2 aliphatic heterocycles. The van der Waals surface area contributed by atoms with Gasteiger partial charge in [-0.25, -0.2) is 0 Å². The molecular weight excluding hydrogens is 238 g/mol. The average molecular weight is 265 g/mol. The third-order valence-corrected chi connectivity index (χ3v) is 5.27. The SMILES string of the molecule is NC1CCCC1C(=O)N1CCC(N2CCCCC2)C1. The first-order valence-electron chi connectivity index (χ1n) is 8.04. The van der Waals surface area contributed by atoms with Crippen molar-refractivity contribution in [2.45, 2.75) is 57.0 Å². The van der Waals surface area contributed by atoms with Crippen LogP contribution in [0.3, 0.4) is 0 Å². The fraction of sp³-hybridized carbons (Fsp3) is 0.933. The van der Waals surface area contributed by atoms with E-state index in [0.29, 0.717) is 11.9 Å². The van der Waals surface area contributed by atoms with Crippen molar-refractivity contribution in [3.8, 4) is 0 Å². The highest BCUT2D eigenvalue weighted by Crippen LogP contribution is 2.28. The van der Waals surface area contributed by atoms with Gasteiger partial charge in [0.15, 0.2) is 0 Å². The number of carbonyl (C=O) groups excluding carboxylic acids is 1. The van der Waals surface area contributed by atoms with Crippen LogP contribution in [0.1, 0.15) is 44.9 Å². The van der Waals surface area contributed by atoms with Crippen LogP contribution in [-0.4, -0.2) is 54.0 Å². The Hall–Kier alpha value is -0.610. The highest BCUT2D eigenvalue weighted by atomic mass is 16.2. The average Bonchev–Trinajstić information content (AvgIpc) is 3.08. The molecule has 0 aromatic rings. The number of rotatable bonds is 2. The largest absolute Gasteiger partial charge is 0.341 e. The van der Waals surface area contributed by atoms with E-state index in [9.17, 15) is 4.79 Å². The Morgan fingerprint density at radius 2 is 1.74 bits per heavy atom. The van der Waals surface area contributed by atoms with Gasteiger partial charge in [0.25, 0.3) is 0 Å². The zero-order valence-electron chi connectivity index (χ0n) is 11.9. The van der Waals surface area contributed by atoms with Gasteiger partial charge < -0.3 is 10.6 Å². The lowest BCUT2D eigenvalue weighted by atomic mass is 10.0. The summed E-state index contributed by atoms with van der Waals surface area (Å²) in [6, 6.07) is 0.725. The summed E-state index contributed by atoms with van der Waals surface area (Å²) >= 11 is 0. The molecule has 0 aromatic carbocycles. The maximum Gasteiger partial charge on any atom is 0.227 e. The second-order valence-electron chi connectivity index (χ2n) is 6.52. The fourth-order valence-corrected chi connectivity index (χ4v) is 4.05. The summed E-state index contributed by atoms with van der Waals surface area (Å²) in [6.07, 6.45) is 8.36. The molecule has 108 valence electrons. The van der Waals surface area contributed by atoms with Crippen molar-refractivity contribution < 1.29 is 4.79 Å². The van der Waals surface area contributed by atoms with Gasteiger partial charge in [0.2, 0.25) is 5.91 Å². The van der Waals surface area contributed by atoms with Crippen molar-refractivity contribution in [2.24, 2.45) is 11.7 Å². The summed E-state index contributed by atoms with van der Waals surface area (Å²) in [6.45, 7) is 4.36. The maximum atomic E-state index is 12.5. The van der Waals surface area contributed by atoms with Gasteiger partial charge in [-0.2, -0.15) is 0 Å². The van der Waals surface area contributed by atoms with Crippen LogP contribution in [-0.2, 0) is 4.79 Å². The molecule has 4 heteroatoms. The number of hydrogen-bond donors (Lipinski definition) is 1. The second kappa shape index (κ2) is 5.80. The number of nitrogens with two attached hydrogens (primary N) is 1. The number of nitrogens with zero attached hydrogens (tertiary/aromatic N) is 2. The zero-order valence-corrected chi connectivity index (χ0v) is 11.9. The first-order valence-corrected chi connectivity index (χ1v) is 8.04. The molecule has 3 fully saturated rings. The number of amides is 1. The van der Waals surface area contributed by atoms with Gasteiger partial charge in [-0.05, 0) is 45.2 Å². The van der Waals surface area contributed by atoms with Crippen molar-refractivity contribution in [1.29, 1.82) is 0 Å². The summed E-state index contributed by atoms with van der Waals surface area (Å²) in [5.41, 5.74) is 6.07. The van der Waals surface area contributed by atoms with Gasteiger partial charge in [0, 0.05) is 25.2 Å². The summed E-state index contributed by atoms with van der Waals surface area (Å²) in [4.78, 5) is 17.2. The predicted octanol–water partition coefficient (Wildman–Crippen LogP) is 1.20. The van der Waals surface area contributed by atoms with Gasteiger partial charge >= 0.3 is 0 Å². The Bertz CT molecular complexity index is 327. The monoisotopic (exact) mass is 265 g/mol. The second-order valence-corrected chi connectivity index (χ2v) is 6.52. The quantitative estimate of drug-likeness (QED) is 0.816. The van der Waals surface area contributed by atoms with Crippen LogP contribution in [0.5, 0.6) is 0 Å². The van der Waals surface area contributed by atoms with Crippen LogP contribution in [0, 0.1) is 5.92 Å². The van der Waals surface area contributed by atoms with Crippen LogP contribution in [0.25, 0.3) is 0 Å². The highest BCUT2D eigenvalue weighted by molar-refractivity contribution is 5.80. The molecular formula is C15H27N3O. The number of likely N-dealkylation sites (tertiary alicyclic amines) is 2. The van der Waals surface area contributed by atoms with E-state index < -0.39 is 0 Å². The standard InChI is InChI=1S/C15H27N3O/c16-14-6-4-5-13(14)15(19)18-10-7-12(11-18)17-8-2-1-3-9-17/h12-14H,1-11,16H2. The van der Waals surface area contributed by atoms with Crippen molar-refractivity contribution in [2.75, 3.05) is 26.2 Å². The molecule has 1 amide bonds. The first-order chi connectivity index (χ1) is 9.25. The molecule has 2 saturated heterocycles. The van der Waals surface area contributed by atoms with Gasteiger partial charge in [0.05, 0.1) is 5.92 Å². The van der Waals surface area contributed by atoms with E-state index in [2.05, 4.69) is 9.80 Å². The Kier molecular flexibility index (Phi) is 4.08. The van der Waals surface area contributed by atoms with Crippen LogP contribution >= 0.6 is 0 Å². The third kappa shape index (κ3) is 2.79. The van der Waals surface area contributed by atoms with E-state index in [1.54, 1.807) is 0 Å². The van der Waals surface area contributed by atoms with Crippen LogP contribution in [0.2, 0.25) is 0 Å². The Labute approximate surface area is 116 Å². The van der Waals surface area contributed by atoms with Crippen molar-refractivity contribution in [3.63, 3.8) is 0 Å². The summed E-state index contributed by atoms with van der Waals surface area (Å²) in [5.74, 6) is 0.449. The lowest BCUT2D eigenvalue weighted by Crippen LogP contribution is -2.44. The molecule has 3 rings (SSSR count). The number of hydrogen-bond acceptors (Lipinski definition) is 3. The molecule has 0 spiro atoms. The first kappa shape index (κ1) is 13.4. The lowest BCUT2D eigenvalue weighted by molar-refractivity contribution is -0.134. The minimum atomic E-state index is 0.111. The molecule has 3 atom stereocenters. The molecule has 2 heterocycles. The molecule has 2 N–H and O–H groups in total. The molecule has 0 radical (unpaired) electrons. The van der Waals surface area contributed by atoms with Gasteiger partial charge in [-0.3, -0.25) is 9.69 Å². The van der Waals surface area contributed by atoms with E-state index in [4.69, 9.17) is 5.73 Å². The fourth-order valence-electron chi connectivity index (χ4n) is 4.05. The molecule has 19 heavy (non-hydrogen) atoms. The Morgan fingerprint density at radius 3 is 2.42 bits per heavy atom. The van der Waals surface area contributed by atoms with E-state index in [0.717, 1.165) is 38.8 Å². The molecule has 3 unspecified atom stereocenters. The van der Waals surface area contributed by atoms with Crippen LogP contribution in [0.15, 0.2) is 0 Å². The van der Waals surface area contributed by atoms with E-state index in [-0.39, 0.29) is 12.0 Å². The molecule has 3 aliphatic rings. The van der Waals surface area contributed by atoms with Crippen molar-refractivity contribution in [1.82, 2.24) is 9.80 Å². The van der Waals surface area contributed by atoms with Crippen molar-refractivity contribution in [3.05, 3.63) is 0 Å². The van der Waals surface area contributed by atoms with Gasteiger partial charge in [-0.1, -0.05) is 12.8 Å². The summed E-state index contributed by atoms with van der Waals surface area (Å²) < 4.78 is 0. The highest BCUT2D eigenvalue weighted by Gasteiger charge is 2.37. The molecule has 1 saturated carbocycles. The molecule has 0 bridgehead atoms. The molecule has 1 aliphatic carbocycles. The van der Waals surface area contributed by atoms with E-state index in [1.165, 1.54) is 32.4 Å². The summed E-state index contributed by atoms with van der Waals surface area (Å²) in [7, 11) is 0. The molecule has 4 nitrogen and oxygen atoms in total. The topological polar surface area (TPSA) is 49.6 Å². The zero-order chi connectivity index (χ0) is 13.2. The van der Waals surface area contributed by atoms with Gasteiger partial charge in [0.1, 0.15) is 0 Å². The van der Waals surface area contributed by atoms with Crippen molar-refractivity contribution >= 4 is 5.91 Å². The third-order valence-electron chi connectivity index (χ3n) is 5.27. The smallest absolute Gasteiger partial charge is 0.227 e. The number of piperidine rings is 1. The Morgan fingerprint density at radius 1 is 0.947 bits per heavy atom. The number of carbonyl (C=O) groups is 1. The summed E-state index contributed by atoms with van der Waals surface area (Å²) in [5, 5.41) is 0. The van der Waals surface area contributed by atoms with Crippen LogP contribution in [0.4, 0.5) is 0 Å². The normalized spacial score (nSPS) is 36.9. The minimum absolute atomic E-state index is 0.111. The lowest BCUT2D eigenvalue weighted by Gasteiger charge is -2.32. The maximum absolute atomic E-state index is 12.5. The molecule has 0 aromatic heterocycles.